The minimum absolute atomic E-state index is 0.261. The van der Waals surface area contributed by atoms with Crippen LogP contribution in [-0.2, 0) is 10.2 Å². The molecule has 0 saturated heterocycles. The van der Waals surface area contributed by atoms with Crippen molar-refractivity contribution < 1.29 is 4.79 Å². The number of carbonyl (C=O) groups excluding carboxylic acids is 1. The van der Waals surface area contributed by atoms with Crippen LogP contribution in [0.2, 0.25) is 0 Å². The lowest BCUT2D eigenvalue weighted by Crippen LogP contribution is -2.40. The summed E-state index contributed by atoms with van der Waals surface area (Å²) in [7, 11) is 0. The maximum absolute atomic E-state index is 12.6. The number of nitrogens with two attached hydrogens (primary N) is 1. The van der Waals surface area contributed by atoms with E-state index in [4.69, 9.17) is 5.73 Å². The molecular formula is C13H20N2OS. The van der Waals surface area contributed by atoms with Crippen molar-refractivity contribution in [2.75, 3.05) is 19.6 Å². The number of carbonyl (C=O) groups is 1. The van der Waals surface area contributed by atoms with E-state index in [-0.39, 0.29) is 11.3 Å². The van der Waals surface area contributed by atoms with Crippen LogP contribution in [0.5, 0.6) is 0 Å². The summed E-state index contributed by atoms with van der Waals surface area (Å²) in [5.41, 5.74) is 6.63. The molecule has 0 aromatic carbocycles. The molecule has 0 bridgehead atoms. The summed E-state index contributed by atoms with van der Waals surface area (Å²) in [6.45, 7) is 6.21. The average molecular weight is 252 g/mol. The van der Waals surface area contributed by atoms with E-state index in [9.17, 15) is 4.79 Å². The van der Waals surface area contributed by atoms with Crippen molar-refractivity contribution in [1.82, 2.24) is 4.90 Å². The molecule has 17 heavy (non-hydrogen) atoms. The molecule has 1 aliphatic carbocycles. The molecule has 3 nitrogen and oxygen atoms in total. The number of rotatable bonds is 5. The lowest BCUT2D eigenvalue weighted by atomic mass is 9.94. The van der Waals surface area contributed by atoms with Crippen molar-refractivity contribution in [2.24, 2.45) is 11.7 Å². The van der Waals surface area contributed by atoms with Crippen LogP contribution in [0.25, 0.3) is 0 Å². The maximum atomic E-state index is 12.6. The molecule has 1 heterocycles. The minimum Gasteiger partial charge on any atom is -0.342 e. The summed E-state index contributed by atoms with van der Waals surface area (Å²) in [6, 6.07) is 2.07. The molecule has 1 saturated carbocycles. The van der Waals surface area contributed by atoms with Crippen LogP contribution < -0.4 is 5.73 Å². The topological polar surface area (TPSA) is 46.3 Å². The van der Waals surface area contributed by atoms with Crippen LogP contribution in [0.3, 0.4) is 0 Å². The SMILES string of the molecule is CCN(CC)C(=O)[C@]1(c2ccsc2)C[C@@H]1CN. The van der Waals surface area contributed by atoms with Crippen molar-refractivity contribution in [2.45, 2.75) is 25.7 Å². The van der Waals surface area contributed by atoms with Gasteiger partial charge in [0, 0.05) is 13.1 Å². The highest BCUT2D eigenvalue weighted by Crippen LogP contribution is 2.55. The Labute approximate surface area is 107 Å². The molecule has 0 aliphatic heterocycles. The van der Waals surface area contributed by atoms with Gasteiger partial charge in [-0.3, -0.25) is 4.79 Å². The molecule has 1 fully saturated rings. The average Bonchev–Trinajstić information content (AvgIpc) is 2.84. The van der Waals surface area contributed by atoms with Gasteiger partial charge in [0.2, 0.25) is 5.91 Å². The third kappa shape index (κ3) is 1.89. The Bertz CT molecular complexity index is 386. The van der Waals surface area contributed by atoms with Gasteiger partial charge in [-0.2, -0.15) is 11.3 Å². The molecule has 0 radical (unpaired) electrons. The fraction of sp³-hybridized carbons (Fsp3) is 0.615. The molecule has 1 aromatic rings. The van der Waals surface area contributed by atoms with Gasteiger partial charge in [0.15, 0.2) is 0 Å². The van der Waals surface area contributed by atoms with E-state index < -0.39 is 0 Å². The monoisotopic (exact) mass is 252 g/mol. The molecule has 0 unspecified atom stereocenters. The van der Waals surface area contributed by atoms with Gasteiger partial charge in [0.25, 0.3) is 0 Å². The number of nitrogens with zero attached hydrogens (tertiary/aromatic N) is 1. The zero-order valence-corrected chi connectivity index (χ0v) is 11.3. The zero-order chi connectivity index (χ0) is 12.5. The van der Waals surface area contributed by atoms with Gasteiger partial charge in [-0.25, -0.2) is 0 Å². The molecule has 4 heteroatoms. The van der Waals surface area contributed by atoms with E-state index in [1.165, 1.54) is 0 Å². The van der Waals surface area contributed by atoms with Crippen molar-refractivity contribution in [1.29, 1.82) is 0 Å². The summed E-state index contributed by atoms with van der Waals surface area (Å²) in [5, 5.41) is 4.13. The number of hydrogen-bond acceptors (Lipinski definition) is 3. The smallest absolute Gasteiger partial charge is 0.233 e. The Morgan fingerprint density at radius 1 is 1.59 bits per heavy atom. The first-order valence-electron chi connectivity index (χ1n) is 6.22. The molecule has 2 rings (SSSR count). The normalized spacial score (nSPS) is 26.9. The van der Waals surface area contributed by atoms with Gasteiger partial charge in [-0.1, -0.05) is 0 Å². The maximum Gasteiger partial charge on any atom is 0.233 e. The van der Waals surface area contributed by atoms with Crippen LogP contribution in [0, 0.1) is 5.92 Å². The summed E-state index contributed by atoms with van der Waals surface area (Å²) in [4.78, 5) is 14.6. The number of hydrogen-bond donors (Lipinski definition) is 1. The van der Waals surface area contributed by atoms with E-state index in [0.29, 0.717) is 12.5 Å². The van der Waals surface area contributed by atoms with E-state index in [2.05, 4.69) is 11.4 Å². The lowest BCUT2D eigenvalue weighted by molar-refractivity contribution is -0.134. The third-order valence-corrected chi connectivity index (χ3v) is 4.54. The second kappa shape index (κ2) is 4.78. The lowest BCUT2D eigenvalue weighted by Gasteiger charge is -2.25. The number of likely N-dealkylation sites (N-methyl/N-ethyl adjacent to an activating group) is 1. The highest BCUT2D eigenvalue weighted by atomic mass is 32.1. The summed E-state index contributed by atoms with van der Waals surface area (Å²) in [5.74, 6) is 0.585. The van der Waals surface area contributed by atoms with Crippen LogP contribution in [0.1, 0.15) is 25.8 Å². The van der Waals surface area contributed by atoms with E-state index in [0.717, 1.165) is 25.1 Å². The van der Waals surface area contributed by atoms with E-state index in [1.54, 1.807) is 11.3 Å². The van der Waals surface area contributed by atoms with Crippen molar-refractivity contribution in [3.63, 3.8) is 0 Å². The van der Waals surface area contributed by atoms with Gasteiger partial charge in [0.1, 0.15) is 0 Å². The Morgan fingerprint density at radius 3 is 2.71 bits per heavy atom. The van der Waals surface area contributed by atoms with Gasteiger partial charge < -0.3 is 10.6 Å². The van der Waals surface area contributed by atoms with Crippen LogP contribution >= 0.6 is 11.3 Å². The molecule has 94 valence electrons. The number of amides is 1. The van der Waals surface area contributed by atoms with Crippen LogP contribution in [0.15, 0.2) is 16.8 Å². The van der Waals surface area contributed by atoms with Crippen molar-refractivity contribution in [3.8, 4) is 0 Å². The largest absolute Gasteiger partial charge is 0.342 e. The molecular weight excluding hydrogens is 232 g/mol. The summed E-state index contributed by atoms with van der Waals surface area (Å²) in [6.07, 6.45) is 0.912. The summed E-state index contributed by atoms with van der Waals surface area (Å²) < 4.78 is 0. The van der Waals surface area contributed by atoms with Gasteiger partial charge in [0.05, 0.1) is 5.41 Å². The highest BCUT2D eigenvalue weighted by Gasteiger charge is 2.61. The molecule has 0 spiro atoms. The Balaban J connectivity index is 2.28. The predicted molar refractivity (Wildman–Crippen MR) is 71.1 cm³/mol. The Morgan fingerprint density at radius 2 is 2.29 bits per heavy atom. The van der Waals surface area contributed by atoms with Crippen molar-refractivity contribution in [3.05, 3.63) is 22.4 Å². The second-order valence-electron chi connectivity index (χ2n) is 4.60. The molecule has 1 amide bonds. The van der Waals surface area contributed by atoms with E-state index >= 15 is 0 Å². The first kappa shape index (κ1) is 12.6. The summed E-state index contributed by atoms with van der Waals surface area (Å²) >= 11 is 1.65. The van der Waals surface area contributed by atoms with Crippen LogP contribution in [-0.4, -0.2) is 30.4 Å². The fourth-order valence-electron chi connectivity index (χ4n) is 2.66. The third-order valence-electron chi connectivity index (χ3n) is 3.86. The second-order valence-corrected chi connectivity index (χ2v) is 5.38. The van der Waals surface area contributed by atoms with Crippen LogP contribution in [0.4, 0.5) is 0 Å². The quantitative estimate of drug-likeness (QED) is 0.869. The molecule has 2 atom stereocenters. The molecule has 1 aliphatic rings. The minimum atomic E-state index is -0.305. The molecule has 1 aromatic heterocycles. The predicted octanol–water partition coefficient (Wildman–Crippen LogP) is 1.83. The van der Waals surface area contributed by atoms with Gasteiger partial charge in [-0.05, 0) is 55.1 Å². The van der Waals surface area contributed by atoms with Gasteiger partial charge >= 0.3 is 0 Å². The first-order chi connectivity index (χ1) is 8.20. The fourth-order valence-corrected chi connectivity index (χ4v) is 3.40. The zero-order valence-electron chi connectivity index (χ0n) is 10.5. The highest BCUT2D eigenvalue weighted by molar-refractivity contribution is 7.08. The van der Waals surface area contributed by atoms with Gasteiger partial charge in [-0.15, -0.1) is 0 Å². The Hall–Kier alpha value is -0.870. The first-order valence-corrected chi connectivity index (χ1v) is 7.17. The standard InChI is InChI=1S/C13H20N2OS/c1-3-15(4-2)12(16)13(7-11(13)8-14)10-5-6-17-9-10/h5-6,9,11H,3-4,7-8,14H2,1-2H3/t11-,13+/m1/s1. The van der Waals surface area contributed by atoms with Crippen molar-refractivity contribution >= 4 is 17.2 Å². The number of thiophene rings is 1. The molecule has 2 N–H and O–H groups in total. The van der Waals surface area contributed by atoms with E-state index in [1.807, 2.05) is 24.1 Å². The Kier molecular flexibility index (Phi) is 3.54.